The molecule has 20 heavy (non-hydrogen) atoms. The third kappa shape index (κ3) is 7.11. The lowest BCUT2D eigenvalue weighted by molar-refractivity contribution is 0.0356. The van der Waals surface area contributed by atoms with Crippen LogP contribution in [0.2, 0.25) is 0 Å². The quantitative estimate of drug-likeness (QED) is 0.370. The number of hydrogen-bond acceptors (Lipinski definition) is 4. The Labute approximate surface area is 120 Å². The van der Waals surface area contributed by atoms with E-state index in [4.69, 9.17) is 25.4 Å². The van der Waals surface area contributed by atoms with Crippen molar-refractivity contribution in [3.63, 3.8) is 0 Å². The molecule has 0 atom stereocenters. The summed E-state index contributed by atoms with van der Waals surface area (Å²) in [4.78, 5) is 0. The second kappa shape index (κ2) is 10.2. The third-order valence-electron chi connectivity index (χ3n) is 2.68. The van der Waals surface area contributed by atoms with Crippen LogP contribution >= 0.6 is 0 Å². The van der Waals surface area contributed by atoms with E-state index < -0.39 is 0 Å². The number of benzene rings is 1. The second-order valence-electron chi connectivity index (χ2n) is 4.36. The van der Waals surface area contributed by atoms with Gasteiger partial charge < -0.3 is 19.9 Å². The summed E-state index contributed by atoms with van der Waals surface area (Å²) in [6, 6.07) is 7.12. The first-order valence-electron chi connectivity index (χ1n) is 6.96. The highest BCUT2D eigenvalue weighted by atomic mass is 16.5. The zero-order chi connectivity index (χ0) is 14.6. The summed E-state index contributed by atoms with van der Waals surface area (Å²) >= 11 is 0. The van der Waals surface area contributed by atoms with Gasteiger partial charge in [0.25, 0.3) is 0 Å². The Morgan fingerprint density at radius 1 is 1.00 bits per heavy atom. The molecule has 5 nitrogen and oxygen atoms in total. The Morgan fingerprint density at radius 2 is 1.60 bits per heavy atom. The molecule has 0 fully saturated rings. The van der Waals surface area contributed by atoms with Crippen molar-refractivity contribution >= 4 is 5.84 Å². The Bertz CT molecular complexity index is 379. The minimum Gasteiger partial charge on any atom is -0.491 e. The van der Waals surface area contributed by atoms with E-state index in [0.29, 0.717) is 32.0 Å². The minimum atomic E-state index is 0.0583. The molecule has 0 amide bonds. The number of hydrogen-bond donors (Lipinski definition) is 2. The maximum atomic E-state index is 7.29. The zero-order valence-corrected chi connectivity index (χ0v) is 12.1. The van der Waals surface area contributed by atoms with Crippen LogP contribution in [0.15, 0.2) is 24.3 Å². The molecule has 0 heterocycles. The minimum absolute atomic E-state index is 0.0583. The maximum Gasteiger partial charge on any atom is 0.122 e. The Hall–Kier alpha value is -1.59. The summed E-state index contributed by atoms with van der Waals surface area (Å²) in [6.07, 6.45) is 2.25. The molecular formula is C15H24N2O3. The van der Waals surface area contributed by atoms with E-state index >= 15 is 0 Å². The van der Waals surface area contributed by atoms with Crippen molar-refractivity contribution in [3.05, 3.63) is 29.8 Å². The van der Waals surface area contributed by atoms with Gasteiger partial charge >= 0.3 is 0 Å². The van der Waals surface area contributed by atoms with E-state index in [1.807, 2.05) is 0 Å². The topological polar surface area (TPSA) is 77.6 Å². The molecule has 0 unspecified atom stereocenters. The number of nitrogens with two attached hydrogens (primary N) is 1. The third-order valence-corrected chi connectivity index (χ3v) is 2.68. The lowest BCUT2D eigenvalue weighted by atomic mass is 10.2. The smallest absolute Gasteiger partial charge is 0.122 e. The first-order chi connectivity index (χ1) is 9.74. The van der Waals surface area contributed by atoms with Crippen molar-refractivity contribution in [3.8, 4) is 5.75 Å². The summed E-state index contributed by atoms with van der Waals surface area (Å²) < 4.78 is 16.3. The molecule has 0 aliphatic carbocycles. The number of rotatable bonds is 11. The number of amidine groups is 1. The van der Waals surface area contributed by atoms with E-state index in [9.17, 15) is 0 Å². The monoisotopic (exact) mass is 280 g/mol. The maximum absolute atomic E-state index is 7.29. The fourth-order valence-corrected chi connectivity index (χ4v) is 1.52. The van der Waals surface area contributed by atoms with Gasteiger partial charge in [-0.15, -0.1) is 0 Å². The molecule has 3 N–H and O–H groups in total. The molecule has 0 aliphatic heterocycles. The number of ether oxygens (including phenoxy) is 3. The average molecular weight is 280 g/mol. The van der Waals surface area contributed by atoms with Gasteiger partial charge in [-0.05, 0) is 30.7 Å². The van der Waals surface area contributed by atoms with Crippen LogP contribution < -0.4 is 10.5 Å². The SMILES string of the molecule is CCCCOCCOCCOc1ccc(C(=N)N)cc1. The van der Waals surface area contributed by atoms with Crippen LogP contribution in [-0.2, 0) is 9.47 Å². The Balaban J connectivity index is 2.02. The van der Waals surface area contributed by atoms with Crippen molar-refractivity contribution in [2.24, 2.45) is 5.73 Å². The van der Waals surface area contributed by atoms with Crippen molar-refractivity contribution < 1.29 is 14.2 Å². The van der Waals surface area contributed by atoms with Gasteiger partial charge in [-0.2, -0.15) is 0 Å². The van der Waals surface area contributed by atoms with Crippen molar-refractivity contribution in [1.82, 2.24) is 0 Å². The van der Waals surface area contributed by atoms with E-state index in [1.165, 1.54) is 0 Å². The number of nitrogen functional groups attached to an aromatic ring is 1. The van der Waals surface area contributed by atoms with Crippen LogP contribution in [0.3, 0.4) is 0 Å². The summed E-state index contributed by atoms with van der Waals surface area (Å²) in [7, 11) is 0. The first kappa shape index (κ1) is 16.5. The number of unbranched alkanes of at least 4 members (excludes halogenated alkanes) is 1. The Kier molecular flexibility index (Phi) is 8.42. The van der Waals surface area contributed by atoms with Crippen LogP contribution in [0.4, 0.5) is 0 Å². The van der Waals surface area contributed by atoms with Gasteiger partial charge in [0.15, 0.2) is 0 Å². The molecule has 1 rings (SSSR count). The molecule has 1 aromatic carbocycles. The fourth-order valence-electron chi connectivity index (χ4n) is 1.52. The molecule has 0 saturated heterocycles. The molecule has 0 saturated carbocycles. The highest BCUT2D eigenvalue weighted by Crippen LogP contribution is 2.11. The van der Waals surface area contributed by atoms with E-state index in [1.54, 1.807) is 24.3 Å². The van der Waals surface area contributed by atoms with Crippen LogP contribution in [0.1, 0.15) is 25.3 Å². The molecule has 5 heteroatoms. The Morgan fingerprint density at radius 3 is 2.20 bits per heavy atom. The van der Waals surface area contributed by atoms with Crippen LogP contribution in [0.25, 0.3) is 0 Å². The molecule has 112 valence electrons. The number of nitrogens with one attached hydrogen (secondary N) is 1. The van der Waals surface area contributed by atoms with E-state index in [2.05, 4.69) is 6.92 Å². The van der Waals surface area contributed by atoms with E-state index in [-0.39, 0.29) is 5.84 Å². The van der Waals surface area contributed by atoms with Crippen LogP contribution in [0.5, 0.6) is 5.75 Å². The highest BCUT2D eigenvalue weighted by molar-refractivity contribution is 5.94. The van der Waals surface area contributed by atoms with Crippen molar-refractivity contribution in [2.45, 2.75) is 19.8 Å². The second-order valence-corrected chi connectivity index (χ2v) is 4.36. The fraction of sp³-hybridized carbons (Fsp3) is 0.533. The standard InChI is InChI=1S/C15H24N2O3/c1-2-3-8-18-9-10-19-11-12-20-14-6-4-13(5-7-14)15(16)17/h4-7H,2-3,8-12H2,1H3,(H3,16,17). The van der Waals surface area contributed by atoms with Gasteiger partial charge in [-0.3, -0.25) is 5.41 Å². The zero-order valence-electron chi connectivity index (χ0n) is 12.1. The van der Waals surface area contributed by atoms with Gasteiger partial charge in [-0.25, -0.2) is 0 Å². The van der Waals surface area contributed by atoms with Gasteiger partial charge in [0.2, 0.25) is 0 Å². The molecule has 0 aromatic heterocycles. The predicted molar refractivity (Wildman–Crippen MR) is 79.5 cm³/mol. The van der Waals surface area contributed by atoms with Crippen molar-refractivity contribution in [2.75, 3.05) is 33.0 Å². The van der Waals surface area contributed by atoms with E-state index in [0.717, 1.165) is 25.2 Å². The normalized spacial score (nSPS) is 10.4. The molecule has 0 bridgehead atoms. The average Bonchev–Trinajstić information content (AvgIpc) is 2.46. The summed E-state index contributed by atoms with van der Waals surface area (Å²) in [5.74, 6) is 0.806. The van der Waals surface area contributed by atoms with Crippen LogP contribution in [-0.4, -0.2) is 38.9 Å². The highest BCUT2D eigenvalue weighted by Gasteiger charge is 1.97. The predicted octanol–water partition coefficient (Wildman–Crippen LogP) is 2.18. The first-order valence-corrected chi connectivity index (χ1v) is 6.96. The summed E-state index contributed by atoms with van der Waals surface area (Å²) in [5, 5.41) is 7.29. The van der Waals surface area contributed by atoms with Gasteiger partial charge in [0, 0.05) is 12.2 Å². The lowest BCUT2D eigenvalue weighted by Crippen LogP contribution is -2.12. The molecule has 0 radical (unpaired) electrons. The summed E-state index contributed by atoms with van der Waals surface area (Å²) in [5.41, 5.74) is 6.07. The van der Waals surface area contributed by atoms with Gasteiger partial charge in [0.05, 0.1) is 19.8 Å². The summed E-state index contributed by atoms with van der Waals surface area (Å²) in [6.45, 7) is 5.20. The van der Waals surface area contributed by atoms with Crippen molar-refractivity contribution in [1.29, 1.82) is 5.41 Å². The largest absolute Gasteiger partial charge is 0.491 e. The molecule has 0 aliphatic rings. The lowest BCUT2D eigenvalue weighted by Gasteiger charge is -2.08. The molecule has 1 aromatic rings. The molecule has 0 spiro atoms. The van der Waals surface area contributed by atoms with Crippen LogP contribution in [0, 0.1) is 5.41 Å². The van der Waals surface area contributed by atoms with Gasteiger partial charge in [-0.1, -0.05) is 13.3 Å². The molecular weight excluding hydrogens is 256 g/mol. The van der Waals surface area contributed by atoms with Gasteiger partial charge in [0.1, 0.15) is 18.2 Å².